The second-order valence-electron chi connectivity index (χ2n) is 4.31. The first kappa shape index (κ1) is 13.6. The highest BCUT2D eigenvalue weighted by Gasteiger charge is 2.13. The molecular weight excluding hydrogens is 290 g/mol. The van der Waals surface area contributed by atoms with Crippen LogP contribution < -0.4 is 15.0 Å². The molecule has 3 heterocycles. The molecule has 3 aromatic rings. The molecule has 7 heteroatoms. The summed E-state index contributed by atoms with van der Waals surface area (Å²) in [5.74, 6) is 1.11. The third-order valence-corrected chi connectivity index (χ3v) is 4.01. The Bertz CT molecular complexity index is 841. The second-order valence-corrected chi connectivity index (χ2v) is 5.22. The Morgan fingerprint density at radius 1 is 1.24 bits per heavy atom. The fourth-order valence-corrected chi connectivity index (χ4v) is 2.91. The van der Waals surface area contributed by atoms with E-state index in [1.165, 1.54) is 22.2 Å². The summed E-state index contributed by atoms with van der Waals surface area (Å²) < 4.78 is 12.7. The van der Waals surface area contributed by atoms with Gasteiger partial charge in [0.1, 0.15) is 10.4 Å². The summed E-state index contributed by atoms with van der Waals surface area (Å²) >= 11 is 1.38. The zero-order valence-electron chi connectivity index (χ0n) is 11.6. The summed E-state index contributed by atoms with van der Waals surface area (Å²) in [7, 11) is 3.11. The van der Waals surface area contributed by atoms with Crippen molar-refractivity contribution >= 4 is 21.6 Å². The number of fused-ring (bicyclic) bond motifs is 1. The van der Waals surface area contributed by atoms with Crippen LogP contribution in [0.25, 0.3) is 10.2 Å². The summed E-state index contributed by atoms with van der Waals surface area (Å²) in [6, 6.07) is 3.54. The Morgan fingerprint density at radius 2 is 2.10 bits per heavy atom. The molecule has 6 nitrogen and oxygen atoms in total. The number of methoxy groups -OCH3 is 2. The van der Waals surface area contributed by atoms with Gasteiger partial charge in [-0.2, -0.15) is 0 Å². The molecule has 0 radical (unpaired) electrons. The number of hydrogen-bond donors (Lipinski definition) is 0. The molecule has 0 aliphatic heterocycles. The molecule has 0 atom stereocenters. The number of pyridine rings is 1. The first-order valence-corrected chi connectivity index (χ1v) is 7.11. The van der Waals surface area contributed by atoms with E-state index in [0.29, 0.717) is 27.4 Å². The largest absolute Gasteiger partial charge is 0.493 e. The first-order chi connectivity index (χ1) is 10.2. The standard InChI is InChI=1S/C14H13N3O3S/c1-19-11-3-5-15-10(12(11)20-2)7-17-8-16-9-4-6-21-13(9)14(17)18/h3-6,8H,7H2,1-2H3. The van der Waals surface area contributed by atoms with Crippen LogP contribution in [-0.4, -0.2) is 28.8 Å². The predicted octanol–water partition coefficient (Wildman–Crippen LogP) is 1.92. The normalized spacial score (nSPS) is 10.8. The topological polar surface area (TPSA) is 66.2 Å². The van der Waals surface area contributed by atoms with Gasteiger partial charge in [0.2, 0.25) is 0 Å². The molecule has 3 aromatic heterocycles. The summed E-state index contributed by atoms with van der Waals surface area (Å²) in [4.78, 5) is 20.9. The van der Waals surface area contributed by atoms with Crippen molar-refractivity contribution in [2.75, 3.05) is 14.2 Å². The molecule has 0 saturated heterocycles. The maximum Gasteiger partial charge on any atom is 0.271 e. The second kappa shape index (κ2) is 5.53. The lowest BCUT2D eigenvalue weighted by atomic mass is 10.3. The quantitative estimate of drug-likeness (QED) is 0.736. The van der Waals surface area contributed by atoms with E-state index in [4.69, 9.17) is 9.47 Å². The number of ether oxygens (including phenoxy) is 2. The van der Waals surface area contributed by atoms with Crippen LogP contribution in [0.15, 0.2) is 34.8 Å². The SMILES string of the molecule is COc1ccnc(Cn2cnc3ccsc3c2=O)c1OC. The van der Waals surface area contributed by atoms with Gasteiger partial charge >= 0.3 is 0 Å². The smallest absolute Gasteiger partial charge is 0.271 e. The van der Waals surface area contributed by atoms with Gasteiger partial charge in [-0.25, -0.2) is 4.98 Å². The molecule has 3 rings (SSSR count). The van der Waals surface area contributed by atoms with Crippen molar-refractivity contribution in [1.29, 1.82) is 0 Å². The number of hydrogen-bond acceptors (Lipinski definition) is 6. The van der Waals surface area contributed by atoms with E-state index in [1.54, 1.807) is 26.5 Å². The Hall–Kier alpha value is -2.41. The van der Waals surface area contributed by atoms with Crippen molar-refractivity contribution in [3.63, 3.8) is 0 Å². The molecule has 0 aliphatic rings. The van der Waals surface area contributed by atoms with Crippen LogP contribution in [0.2, 0.25) is 0 Å². The Balaban J connectivity index is 2.06. The average Bonchev–Trinajstić information content (AvgIpc) is 2.99. The van der Waals surface area contributed by atoms with E-state index in [0.717, 1.165) is 0 Å². The summed E-state index contributed by atoms with van der Waals surface area (Å²) in [5.41, 5.74) is 1.25. The van der Waals surface area contributed by atoms with Crippen molar-refractivity contribution < 1.29 is 9.47 Å². The van der Waals surface area contributed by atoms with Crippen molar-refractivity contribution in [2.45, 2.75) is 6.54 Å². The Kier molecular flexibility index (Phi) is 3.57. The van der Waals surface area contributed by atoms with Crippen LogP contribution in [0.4, 0.5) is 0 Å². The molecule has 0 aliphatic carbocycles. The van der Waals surface area contributed by atoms with Gasteiger partial charge in [0.05, 0.1) is 32.6 Å². The number of nitrogens with zero attached hydrogens (tertiary/aromatic N) is 3. The van der Waals surface area contributed by atoms with Gasteiger partial charge in [-0.05, 0) is 11.4 Å². The molecule has 0 saturated carbocycles. The van der Waals surface area contributed by atoms with E-state index in [2.05, 4.69) is 9.97 Å². The molecule has 0 unspecified atom stereocenters. The van der Waals surface area contributed by atoms with Crippen LogP contribution in [0.1, 0.15) is 5.69 Å². The number of thiophene rings is 1. The lowest BCUT2D eigenvalue weighted by Crippen LogP contribution is -2.21. The van der Waals surface area contributed by atoms with Gasteiger partial charge in [-0.1, -0.05) is 0 Å². The molecule has 0 spiro atoms. The molecule has 21 heavy (non-hydrogen) atoms. The summed E-state index contributed by atoms with van der Waals surface area (Å²) in [5, 5.41) is 1.85. The molecule has 0 bridgehead atoms. The highest BCUT2D eigenvalue weighted by atomic mass is 32.1. The van der Waals surface area contributed by atoms with E-state index < -0.39 is 0 Å². The average molecular weight is 303 g/mol. The highest BCUT2D eigenvalue weighted by Crippen LogP contribution is 2.29. The van der Waals surface area contributed by atoms with Crippen LogP contribution in [0.5, 0.6) is 11.5 Å². The zero-order chi connectivity index (χ0) is 14.8. The molecule has 108 valence electrons. The van der Waals surface area contributed by atoms with E-state index in [-0.39, 0.29) is 12.1 Å². The van der Waals surface area contributed by atoms with Gasteiger partial charge in [-0.15, -0.1) is 11.3 Å². The Morgan fingerprint density at radius 3 is 2.86 bits per heavy atom. The molecule has 0 amide bonds. The number of aromatic nitrogens is 3. The molecule has 0 aromatic carbocycles. The fraction of sp³-hybridized carbons (Fsp3) is 0.214. The van der Waals surface area contributed by atoms with E-state index >= 15 is 0 Å². The summed E-state index contributed by atoms with van der Waals surface area (Å²) in [6.07, 6.45) is 3.15. The monoisotopic (exact) mass is 303 g/mol. The van der Waals surface area contributed by atoms with Crippen molar-refractivity contribution in [1.82, 2.24) is 14.5 Å². The predicted molar refractivity (Wildman–Crippen MR) is 80.3 cm³/mol. The van der Waals surface area contributed by atoms with Crippen molar-refractivity contribution in [2.24, 2.45) is 0 Å². The fourth-order valence-electron chi connectivity index (χ4n) is 2.12. The van der Waals surface area contributed by atoms with Crippen LogP contribution >= 0.6 is 11.3 Å². The van der Waals surface area contributed by atoms with Crippen LogP contribution in [0.3, 0.4) is 0 Å². The van der Waals surface area contributed by atoms with Gasteiger partial charge < -0.3 is 9.47 Å². The van der Waals surface area contributed by atoms with E-state index in [1.807, 2.05) is 11.4 Å². The van der Waals surface area contributed by atoms with Gasteiger partial charge in [-0.3, -0.25) is 14.3 Å². The lowest BCUT2D eigenvalue weighted by Gasteiger charge is -2.12. The van der Waals surface area contributed by atoms with Crippen LogP contribution in [0, 0.1) is 0 Å². The molecular formula is C14H13N3O3S. The van der Waals surface area contributed by atoms with Crippen molar-refractivity contribution in [3.05, 3.63) is 46.1 Å². The maximum atomic E-state index is 12.4. The summed E-state index contributed by atoms with van der Waals surface area (Å²) in [6.45, 7) is 0.278. The maximum absolute atomic E-state index is 12.4. The van der Waals surface area contributed by atoms with E-state index in [9.17, 15) is 4.79 Å². The highest BCUT2D eigenvalue weighted by molar-refractivity contribution is 7.17. The van der Waals surface area contributed by atoms with Gasteiger partial charge in [0.15, 0.2) is 11.5 Å². The third-order valence-electron chi connectivity index (χ3n) is 3.12. The minimum atomic E-state index is -0.0818. The minimum absolute atomic E-state index is 0.0818. The first-order valence-electron chi connectivity index (χ1n) is 6.23. The van der Waals surface area contributed by atoms with Gasteiger partial charge in [0.25, 0.3) is 5.56 Å². The van der Waals surface area contributed by atoms with Gasteiger partial charge in [0, 0.05) is 12.3 Å². The van der Waals surface area contributed by atoms with Crippen molar-refractivity contribution in [3.8, 4) is 11.5 Å². The van der Waals surface area contributed by atoms with Crippen LogP contribution in [-0.2, 0) is 6.54 Å². The lowest BCUT2D eigenvalue weighted by molar-refractivity contribution is 0.348. The third kappa shape index (κ3) is 2.36. The number of rotatable bonds is 4. The Labute approximate surface area is 124 Å². The zero-order valence-corrected chi connectivity index (χ0v) is 12.4. The molecule has 0 N–H and O–H groups in total. The molecule has 0 fully saturated rings. The minimum Gasteiger partial charge on any atom is -0.493 e.